The minimum absolute atomic E-state index is 0.216. The van der Waals surface area contributed by atoms with E-state index < -0.39 is 11.9 Å². The van der Waals surface area contributed by atoms with E-state index in [-0.39, 0.29) is 5.82 Å². The standard InChI is InChI=1S/C26H27F3N8O/c1-35-13-19(26(27,28)29)33-24(35)16-8-9-20(30-11-16)37-10-4-5-18-17(12-37)23(34-36(18)2)21-22(15-6-7-15)31-14-32-25(21)38-3/h8-9,11,13-15H,4-7,10,12H2,1-3H3. The molecule has 9 nitrogen and oxygen atoms in total. The van der Waals surface area contributed by atoms with Crippen molar-refractivity contribution in [1.82, 2.24) is 34.3 Å². The molecule has 1 fully saturated rings. The predicted molar refractivity (Wildman–Crippen MR) is 134 cm³/mol. The lowest BCUT2D eigenvalue weighted by atomic mass is 10.0. The first-order valence-corrected chi connectivity index (χ1v) is 12.5. The van der Waals surface area contributed by atoms with Gasteiger partial charge in [0, 0.05) is 62.3 Å². The Bertz CT molecular complexity index is 1490. The summed E-state index contributed by atoms with van der Waals surface area (Å²) in [5.74, 6) is 1.86. The average Bonchev–Trinajstić information content (AvgIpc) is 3.65. The summed E-state index contributed by atoms with van der Waals surface area (Å²) < 4.78 is 48.3. The van der Waals surface area contributed by atoms with Gasteiger partial charge in [-0.25, -0.2) is 19.9 Å². The molecule has 4 aromatic heterocycles. The molecule has 0 saturated heterocycles. The number of imidazole rings is 1. The van der Waals surface area contributed by atoms with Gasteiger partial charge in [0.25, 0.3) is 0 Å². The molecule has 38 heavy (non-hydrogen) atoms. The largest absolute Gasteiger partial charge is 0.480 e. The number of ether oxygens (including phenoxy) is 1. The third kappa shape index (κ3) is 4.27. The van der Waals surface area contributed by atoms with Gasteiger partial charge in [0.1, 0.15) is 23.7 Å². The average molecular weight is 525 g/mol. The molecule has 1 saturated carbocycles. The summed E-state index contributed by atoms with van der Waals surface area (Å²) in [5.41, 5.74) is 4.50. The summed E-state index contributed by atoms with van der Waals surface area (Å²) in [6.45, 7) is 1.35. The Morgan fingerprint density at radius 3 is 2.55 bits per heavy atom. The molecule has 0 aromatic carbocycles. The van der Waals surface area contributed by atoms with Crippen molar-refractivity contribution in [3.8, 4) is 28.5 Å². The molecule has 1 aliphatic carbocycles. The summed E-state index contributed by atoms with van der Waals surface area (Å²) >= 11 is 0. The van der Waals surface area contributed by atoms with Gasteiger partial charge in [-0.2, -0.15) is 18.3 Å². The number of hydrogen-bond acceptors (Lipinski definition) is 7. The van der Waals surface area contributed by atoms with Crippen molar-refractivity contribution >= 4 is 5.82 Å². The minimum atomic E-state index is -4.50. The molecule has 1 aliphatic heterocycles. The molecule has 5 heterocycles. The Morgan fingerprint density at radius 1 is 1.08 bits per heavy atom. The number of hydrogen-bond donors (Lipinski definition) is 0. The number of pyridine rings is 1. The van der Waals surface area contributed by atoms with Gasteiger partial charge in [0.05, 0.1) is 18.4 Å². The molecule has 6 rings (SSSR count). The lowest BCUT2D eigenvalue weighted by Gasteiger charge is -2.22. The summed E-state index contributed by atoms with van der Waals surface area (Å²) in [4.78, 5) is 19.6. The number of alkyl halides is 3. The second kappa shape index (κ2) is 9.10. The first-order valence-electron chi connectivity index (χ1n) is 12.5. The lowest BCUT2D eigenvalue weighted by molar-refractivity contribution is -0.140. The lowest BCUT2D eigenvalue weighted by Crippen LogP contribution is -2.23. The molecule has 0 amide bonds. The number of fused-ring (bicyclic) bond motifs is 1. The predicted octanol–water partition coefficient (Wildman–Crippen LogP) is 4.53. The maximum atomic E-state index is 13.1. The summed E-state index contributed by atoms with van der Waals surface area (Å²) in [6, 6.07) is 3.60. The van der Waals surface area contributed by atoms with E-state index in [1.165, 1.54) is 4.57 Å². The smallest absolute Gasteiger partial charge is 0.434 e. The number of aromatic nitrogens is 7. The topological polar surface area (TPSA) is 86.8 Å². The van der Waals surface area contributed by atoms with Gasteiger partial charge in [-0.15, -0.1) is 0 Å². The normalized spacial score (nSPS) is 15.9. The molecule has 4 aromatic rings. The number of aryl methyl sites for hydroxylation is 2. The molecular weight excluding hydrogens is 497 g/mol. The third-order valence-corrected chi connectivity index (χ3v) is 7.20. The Morgan fingerprint density at radius 2 is 1.89 bits per heavy atom. The van der Waals surface area contributed by atoms with E-state index in [1.807, 2.05) is 17.8 Å². The van der Waals surface area contributed by atoms with Gasteiger partial charge in [0.15, 0.2) is 5.69 Å². The Labute approximate surface area is 217 Å². The second-order valence-electron chi connectivity index (χ2n) is 9.80. The molecule has 0 unspecified atom stereocenters. The van der Waals surface area contributed by atoms with Crippen molar-refractivity contribution in [1.29, 1.82) is 0 Å². The number of nitrogens with zero attached hydrogens (tertiary/aromatic N) is 8. The number of halogens is 3. The van der Waals surface area contributed by atoms with Gasteiger partial charge in [-0.05, 0) is 37.8 Å². The molecule has 2 aliphatic rings. The van der Waals surface area contributed by atoms with E-state index in [0.29, 0.717) is 23.9 Å². The summed E-state index contributed by atoms with van der Waals surface area (Å²) in [6.07, 6.45) is 3.55. The number of methoxy groups -OCH3 is 1. The zero-order valence-electron chi connectivity index (χ0n) is 21.3. The van der Waals surface area contributed by atoms with Crippen LogP contribution in [0.15, 0.2) is 30.9 Å². The Hall–Kier alpha value is -3.96. The first kappa shape index (κ1) is 24.4. The molecule has 198 valence electrons. The van der Waals surface area contributed by atoms with E-state index >= 15 is 0 Å². The van der Waals surface area contributed by atoms with Crippen LogP contribution in [0.4, 0.5) is 19.0 Å². The summed E-state index contributed by atoms with van der Waals surface area (Å²) in [5, 5.41) is 4.90. The van der Waals surface area contributed by atoms with Crippen LogP contribution in [0.2, 0.25) is 0 Å². The van der Waals surface area contributed by atoms with E-state index in [9.17, 15) is 13.2 Å². The van der Waals surface area contributed by atoms with E-state index in [1.54, 1.807) is 32.7 Å². The maximum absolute atomic E-state index is 13.1. The molecule has 0 radical (unpaired) electrons. The first-order chi connectivity index (χ1) is 18.2. The van der Waals surface area contributed by atoms with Crippen LogP contribution in [0.3, 0.4) is 0 Å². The van der Waals surface area contributed by atoms with Crippen LogP contribution in [0.1, 0.15) is 47.8 Å². The third-order valence-electron chi connectivity index (χ3n) is 7.20. The molecule has 0 N–H and O–H groups in total. The van der Waals surface area contributed by atoms with E-state index in [2.05, 4.69) is 24.8 Å². The SMILES string of the molecule is COc1ncnc(C2CC2)c1-c1nn(C)c2c1CN(c1ccc(-c3nc(C(F)(F)F)cn3C)cn1)CCC2. The van der Waals surface area contributed by atoms with Crippen LogP contribution in [0.5, 0.6) is 5.88 Å². The molecule has 0 atom stereocenters. The van der Waals surface area contributed by atoms with Crippen LogP contribution < -0.4 is 9.64 Å². The van der Waals surface area contributed by atoms with E-state index in [4.69, 9.17) is 9.84 Å². The fraction of sp³-hybridized carbons (Fsp3) is 0.423. The van der Waals surface area contributed by atoms with Crippen molar-refractivity contribution in [2.45, 2.75) is 44.3 Å². The minimum Gasteiger partial charge on any atom is -0.480 e. The highest BCUT2D eigenvalue weighted by Crippen LogP contribution is 2.46. The highest BCUT2D eigenvalue weighted by molar-refractivity contribution is 5.73. The molecule has 0 spiro atoms. The van der Waals surface area contributed by atoms with Crippen LogP contribution in [-0.2, 0) is 33.2 Å². The molecular formula is C26H27F3N8O. The highest BCUT2D eigenvalue weighted by Gasteiger charge is 2.35. The van der Waals surface area contributed by atoms with Crippen molar-refractivity contribution in [2.24, 2.45) is 14.1 Å². The highest BCUT2D eigenvalue weighted by atomic mass is 19.4. The van der Waals surface area contributed by atoms with Crippen molar-refractivity contribution < 1.29 is 17.9 Å². The Balaban J connectivity index is 1.34. The van der Waals surface area contributed by atoms with Crippen molar-refractivity contribution in [2.75, 3.05) is 18.6 Å². The van der Waals surface area contributed by atoms with Gasteiger partial charge in [-0.1, -0.05) is 0 Å². The van der Waals surface area contributed by atoms with Gasteiger partial charge < -0.3 is 14.2 Å². The monoisotopic (exact) mass is 524 g/mol. The second-order valence-corrected chi connectivity index (χ2v) is 9.80. The number of rotatable bonds is 5. The van der Waals surface area contributed by atoms with Crippen molar-refractivity contribution in [3.05, 3.63) is 53.5 Å². The zero-order valence-corrected chi connectivity index (χ0v) is 21.3. The fourth-order valence-corrected chi connectivity index (χ4v) is 5.19. The fourth-order valence-electron chi connectivity index (χ4n) is 5.19. The van der Waals surface area contributed by atoms with Crippen molar-refractivity contribution in [3.63, 3.8) is 0 Å². The van der Waals surface area contributed by atoms with Crippen LogP contribution in [-0.4, -0.2) is 47.9 Å². The van der Waals surface area contributed by atoms with Gasteiger partial charge in [0.2, 0.25) is 5.88 Å². The quantitative estimate of drug-likeness (QED) is 0.379. The molecule has 12 heteroatoms. The van der Waals surface area contributed by atoms with E-state index in [0.717, 1.165) is 72.5 Å². The van der Waals surface area contributed by atoms with Gasteiger partial charge in [-0.3, -0.25) is 4.68 Å². The zero-order chi connectivity index (χ0) is 26.6. The number of anilines is 1. The van der Waals surface area contributed by atoms with Crippen LogP contribution in [0.25, 0.3) is 22.6 Å². The summed E-state index contributed by atoms with van der Waals surface area (Å²) in [7, 11) is 5.12. The maximum Gasteiger partial charge on any atom is 0.434 e. The van der Waals surface area contributed by atoms with Crippen LogP contribution >= 0.6 is 0 Å². The molecule has 0 bridgehead atoms. The van der Waals surface area contributed by atoms with Gasteiger partial charge >= 0.3 is 6.18 Å². The van der Waals surface area contributed by atoms with Crippen LogP contribution in [0, 0.1) is 0 Å². The Kier molecular flexibility index (Phi) is 5.84.